The van der Waals surface area contributed by atoms with Crippen LogP contribution in [0.1, 0.15) is 42.2 Å². The lowest BCUT2D eigenvalue weighted by Gasteiger charge is -2.24. The fourth-order valence-electron chi connectivity index (χ4n) is 3.55. The molecule has 0 radical (unpaired) electrons. The van der Waals surface area contributed by atoms with Crippen LogP contribution in [0, 0.1) is 12.8 Å². The van der Waals surface area contributed by atoms with Crippen LogP contribution in [0.3, 0.4) is 0 Å². The van der Waals surface area contributed by atoms with Crippen molar-refractivity contribution in [3.05, 3.63) is 65.9 Å². The highest BCUT2D eigenvalue weighted by atomic mass is 16.5. The van der Waals surface area contributed by atoms with E-state index in [1.54, 1.807) is 17.7 Å². The summed E-state index contributed by atoms with van der Waals surface area (Å²) in [5, 5.41) is 7.55. The van der Waals surface area contributed by atoms with Crippen molar-refractivity contribution in [2.45, 2.75) is 33.1 Å². The van der Waals surface area contributed by atoms with Gasteiger partial charge in [0.2, 0.25) is 5.91 Å². The van der Waals surface area contributed by atoms with Crippen LogP contribution in [0.15, 0.2) is 54.6 Å². The third-order valence-electron chi connectivity index (χ3n) is 5.44. The Morgan fingerprint density at radius 3 is 2.63 bits per heavy atom. The number of nitrogens with one attached hydrogen (secondary N) is 1. The second-order valence-corrected chi connectivity index (χ2v) is 7.53. The van der Waals surface area contributed by atoms with Crippen molar-refractivity contribution in [2.75, 3.05) is 11.9 Å². The van der Waals surface area contributed by atoms with Crippen molar-refractivity contribution in [3.8, 4) is 16.9 Å². The Balaban J connectivity index is 1.73. The minimum atomic E-state index is -0.458. The van der Waals surface area contributed by atoms with Gasteiger partial charge in [-0.05, 0) is 56.5 Å². The van der Waals surface area contributed by atoms with E-state index in [9.17, 15) is 9.59 Å². The van der Waals surface area contributed by atoms with E-state index in [1.165, 1.54) is 0 Å². The van der Waals surface area contributed by atoms with Gasteiger partial charge in [-0.15, -0.1) is 0 Å². The number of aromatic nitrogens is 2. The van der Waals surface area contributed by atoms with Gasteiger partial charge < -0.3 is 10.1 Å². The smallest absolute Gasteiger partial charge is 0.358 e. The monoisotopic (exact) mass is 403 g/mol. The van der Waals surface area contributed by atoms with Crippen LogP contribution in [0.2, 0.25) is 0 Å². The molecule has 6 heteroatoms. The topological polar surface area (TPSA) is 73.2 Å². The van der Waals surface area contributed by atoms with Gasteiger partial charge in [-0.1, -0.05) is 36.8 Å². The zero-order chi connectivity index (χ0) is 21.1. The van der Waals surface area contributed by atoms with E-state index in [4.69, 9.17) is 4.74 Å². The van der Waals surface area contributed by atoms with E-state index in [-0.39, 0.29) is 24.1 Å². The molecule has 0 aliphatic heterocycles. The molecular weight excluding hydrogens is 378 g/mol. The van der Waals surface area contributed by atoms with Crippen LogP contribution in [-0.2, 0) is 9.53 Å². The van der Waals surface area contributed by atoms with E-state index in [0.29, 0.717) is 0 Å². The fraction of sp³-hybridized carbons (Fsp3) is 0.292. The summed E-state index contributed by atoms with van der Waals surface area (Å²) in [6, 6.07) is 17.2. The van der Waals surface area contributed by atoms with E-state index in [1.807, 2.05) is 55.5 Å². The third kappa shape index (κ3) is 3.99. The minimum Gasteiger partial charge on any atom is -0.461 e. The van der Waals surface area contributed by atoms with Gasteiger partial charge in [0.05, 0.1) is 18.0 Å². The van der Waals surface area contributed by atoms with Gasteiger partial charge in [-0.25, -0.2) is 9.48 Å². The first-order valence-electron chi connectivity index (χ1n) is 10.3. The molecule has 0 bridgehead atoms. The number of nitrogens with zero attached hydrogens (tertiary/aromatic N) is 2. The number of rotatable bonds is 6. The van der Waals surface area contributed by atoms with Gasteiger partial charge in [0.15, 0.2) is 5.69 Å². The molecule has 4 rings (SSSR count). The lowest BCUT2D eigenvalue weighted by Crippen LogP contribution is -2.27. The summed E-state index contributed by atoms with van der Waals surface area (Å²) in [6.45, 7) is 4.06. The molecule has 0 unspecified atom stereocenters. The number of hydrogen-bond acceptors (Lipinski definition) is 4. The van der Waals surface area contributed by atoms with Crippen molar-refractivity contribution in [3.63, 3.8) is 0 Å². The summed E-state index contributed by atoms with van der Waals surface area (Å²) in [5.74, 6) is -0.278. The molecule has 1 aliphatic rings. The molecule has 30 heavy (non-hydrogen) atoms. The standard InChI is InChI=1S/C24H25N3O3/c1-3-30-24(29)20-15-22(27(26-20)21-13-5-4-8-16(21)2)18-11-7-12-19(14-18)25-23(28)17-9-6-10-17/h4-5,7-8,11-15,17H,3,6,9-10H2,1-2H3,(H,25,28). The number of carbonyl (C=O) groups is 2. The maximum Gasteiger partial charge on any atom is 0.358 e. The molecule has 0 saturated heterocycles. The van der Waals surface area contributed by atoms with Crippen molar-refractivity contribution in [2.24, 2.45) is 5.92 Å². The number of carbonyl (C=O) groups excluding carboxylic acids is 2. The number of hydrogen-bond donors (Lipinski definition) is 1. The van der Waals surface area contributed by atoms with Gasteiger partial charge in [0.1, 0.15) is 0 Å². The first-order chi connectivity index (χ1) is 14.6. The molecule has 1 aliphatic carbocycles. The van der Waals surface area contributed by atoms with Crippen molar-refractivity contribution < 1.29 is 14.3 Å². The summed E-state index contributed by atoms with van der Waals surface area (Å²) >= 11 is 0. The third-order valence-corrected chi connectivity index (χ3v) is 5.44. The molecule has 1 fully saturated rings. The van der Waals surface area contributed by atoms with E-state index >= 15 is 0 Å². The SMILES string of the molecule is CCOC(=O)c1cc(-c2cccc(NC(=O)C3CCC3)c2)n(-c2ccccc2C)n1. The minimum absolute atomic E-state index is 0.0676. The van der Waals surface area contributed by atoms with Crippen LogP contribution in [-0.4, -0.2) is 28.3 Å². The molecule has 6 nitrogen and oxygen atoms in total. The Kier molecular flexibility index (Phi) is 5.65. The maximum atomic E-state index is 12.4. The number of esters is 1. The average Bonchev–Trinajstić information content (AvgIpc) is 3.13. The quantitative estimate of drug-likeness (QED) is 0.602. The summed E-state index contributed by atoms with van der Waals surface area (Å²) in [6.07, 6.45) is 3.02. The summed E-state index contributed by atoms with van der Waals surface area (Å²) in [4.78, 5) is 24.7. The van der Waals surface area contributed by atoms with Crippen molar-refractivity contribution in [1.29, 1.82) is 0 Å². The van der Waals surface area contributed by atoms with Crippen LogP contribution in [0.5, 0.6) is 0 Å². The molecule has 0 atom stereocenters. The largest absolute Gasteiger partial charge is 0.461 e. The first-order valence-corrected chi connectivity index (χ1v) is 10.3. The lowest BCUT2D eigenvalue weighted by atomic mass is 9.85. The van der Waals surface area contributed by atoms with Crippen LogP contribution >= 0.6 is 0 Å². The highest BCUT2D eigenvalue weighted by molar-refractivity contribution is 5.94. The molecule has 1 saturated carbocycles. The highest BCUT2D eigenvalue weighted by Gasteiger charge is 2.25. The summed E-state index contributed by atoms with van der Waals surface area (Å²) < 4.78 is 6.91. The van der Waals surface area contributed by atoms with E-state index < -0.39 is 5.97 Å². The zero-order valence-corrected chi connectivity index (χ0v) is 17.2. The van der Waals surface area contributed by atoms with E-state index in [0.717, 1.165) is 47.5 Å². The summed E-state index contributed by atoms with van der Waals surface area (Å²) in [5.41, 5.74) is 4.51. The predicted molar refractivity (Wildman–Crippen MR) is 116 cm³/mol. The highest BCUT2D eigenvalue weighted by Crippen LogP contribution is 2.30. The Morgan fingerprint density at radius 1 is 1.13 bits per heavy atom. The zero-order valence-electron chi connectivity index (χ0n) is 17.2. The Hall–Kier alpha value is -3.41. The second kappa shape index (κ2) is 8.53. The number of benzene rings is 2. The molecule has 1 N–H and O–H groups in total. The molecule has 154 valence electrons. The molecule has 3 aromatic rings. The van der Waals surface area contributed by atoms with Crippen LogP contribution in [0.4, 0.5) is 5.69 Å². The van der Waals surface area contributed by atoms with Gasteiger partial charge in [-0.2, -0.15) is 5.10 Å². The fourth-order valence-corrected chi connectivity index (χ4v) is 3.55. The van der Waals surface area contributed by atoms with Gasteiger partial charge in [0, 0.05) is 17.2 Å². The van der Waals surface area contributed by atoms with Crippen LogP contribution < -0.4 is 5.32 Å². The molecule has 1 heterocycles. The van der Waals surface area contributed by atoms with Crippen molar-refractivity contribution in [1.82, 2.24) is 9.78 Å². The van der Waals surface area contributed by atoms with Gasteiger partial charge in [0.25, 0.3) is 0 Å². The average molecular weight is 403 g/mol. The number of anilines is 1. The molecule has 2 aromatic carbocycles. The summed E-state index contributed by atoms with van der Waals surface area (Å²) in [7, 11) is 0. The normalized spacial score (nSPS) is 13.5. The number of amides is 1. The Bertz CT molecular complexity index is 1080. The van der Waals surface area contributed by atoms with E-state index in [2.05, 4.69) is 10.4 Å². The first kappa shape index (κ1) is 19.9. The second-order valence-electron chi connectivity index (χ2n) is 7.53. The molecular formula is C24H25N3O3. The molecule has 0 spiro atoms. The lowest BCUT2D eigenvalue weighted by molar-refractivity contribution is -0.122. The Morgan fingerprint density at radius 2 is 1.93 bits per heavy atom. The Labute approximate surface area is 175 Å². The van der Waals surface area contributed by atoms with Crippen molar-refractivity contribution >= 4 is 17.6 Å². The number of ether oxygens (including phenoxy) is 1. The van der Waals surface area contributed by atoms with Gasteiger partial charge in [-0.3, -0.25) is 4.79 Å². The molecule has 1 amide bonds. The van der Waals surface area contributed by atoms with Gasteiger partial charge >= 0.3 is 5.97 Å². The van der Waals surface area contributed by atoms with Crippen LogP contribution in [0.25, 0.3) is 16.9 Å². The molecule has 1 aromatic heterocycles. The number of aryl methyl sites for hydroxylation is 1. The predicted octanol–water partition coefficient (Wildman–Crippen LogP) is 4.76. The number of para-hydroxylation sites is 1. The maximum absolute atomic E-state index is 12.4.